The Morgan fingerprint density at radius 1 is 1.35 bits per heavy atom. The van der Waals surface area contributed by atoms with Crippen molar-refractivity contribution in [3.05, 3.63) is 53.1 Å². The highest BCUT2D eigenvalue weighted by Crippen LogP contribution is 2.24. The van der Waals surface area contributed by atoms with E-state index in [9.17, 15) is 18.0 Å². The van der Waals surface area contributed by atoms with E-state index in [4.69, 9.17) is 4.74 Å². The molecule has 0 unspecified atom stereocenters. The molecule has 0 spiro atoms. The molecule has 0 fully saturated rings. The number of anilines is 1. The van der Waals surface area contributed by atoms with E-state index in [2.05, 4.69) is 20.5 Å². The molecule has 6 nitrogen and oxygen atoms in total. The molecule has 0 atom stereocenters. The van der Waals surface area contributed by atoms with Crippen LogP contribution in [0.1, 0.15) is 11.1 Å². The Kier molecular flexibility index (Phi) is 4.61. The van der Waals surface area contributed by atoms with Gasteiger partial charge in [0.25, 0.3) is 5.91 Å². The smallest absolute Gasteiger partial charge is 0.284 e. The van der Waals surface area contributed by atoms with Crippen molar-refractivity contribution in [3.63, 3.8) is 0 Å². The molecule has 9 heteroatoms. The van der Waals surface area contributed by atoms with Crippen LogP contribution >= 0.6 is 0 Å². The molecule has 0 bridgehead atoms. The number of hydrogen-bond acceptors (Lipinski definition) is 4. The summed E-state index contributed by atoms with van der Waals surface area (Å²) >= 11 is 0. The Morgan fingerprint density at radius 3 is 2.81 bits per heavy atom. The van der Waals surface area contributed by atoms with Crippen molar-refractivity contribution in [1.82, 2.24) is 15.2 Å². The molecule has 0 saturated heterocycles. The second-order valence-electron chi connectivity index (χ2n) is 5.40. The summed E-state index contributed by atoms with van der Waals surface area (Å²) < 4.78 is 47.2. The van der Waals surface area contributed by atoms with Crippen LogP contribution in [0.2, 0.25) is 0 Å². The summed E-state index contributed by atoms with van der Waals surface area (Å²) in [7, 11) is 1.31. The fourth-order valence-electron chi connectivity index (χ4n) is 2.34. The number of rotatable bonds is 4. The Labute approximate surface area is 145 Å². The number of aromatic nitrogens is 3. The number of halogens is 3. The van der Waals surface area contributed by atoms with Crippen LogP contribution in [-0.4, -0.2) is 28.2 Å². The van der Waals surface area contributed by atoms with Crippen LogP contribution in [0.5, 0.6) is 5.88 Å². The molecular formula is C17H13F3N4O2. The minimum absolute atomic E-state index is 0.0175. The zero-order chi connectivity index (χ0) is 18.8. The van der Waals surface area contributed by atoms with Gasteiger partial charge in [-0.1, -0.05) is 12.1 Å². The first-order chi connectivity index (χ1) is 12.4. The molecule has 0 saturated carbocycles. The van der Waals surface area contributed by atoms with Crippen LogP contribution in [0.4, 0.5) is 18.9 Å². The molecule has 3 rings (SSSR count). The molecule has 134 valence electrons. The van der Waals surface area contributed by atoms with E-state index in [1.165, 1.54) is 38.4 Å². The molecule has 0 aliphatic heterocycles. The summed E-state index contributed by atoms with van der Waals surface area (Å²) in [6.45, 7) is 1.50. The van der Waals surface area contributed by atoms with Crippen molar-refractivity contribution in [2.45, 2.75) is 6.92 Å². The van der Waals surface area contributed by atoms with E-state index in [0.29, 0.717) is 10.9 Å². The van der Waals surface area contributed by atoms with Gasteiger partial charge in [0.2, 0.25) is 11.8 Å². The SMILES string of the molecule is COc1cc(C)c(NC(=O)/C(F)=C/c2ccc3cn[nH]c3c2F)c(F)n1. The molecule has 26 heavy (non-hydrogen) atoms. The lowest BCUT2D eigenvalue weighted by Gasteiger charge is -2.09. The molecule has 2 heterocycles. The fourth-order valence-corrected chi connectivity index (χ4v) is 2.34. The molecule has 0 radical (unpaired) electrons. The van der Waals surface area contributed by atoms with Gasteiger partial charge in [0.15, 0.2) is 11.6 Å². The third-order valence-corrected chi connectivity index (χ3v) is 3.68. The van der Waals surface area contributed by atoms with Crippen molar-refractivity contribution in [3.8, 4) is 5.88 Å². The standard InChI is InChI=1S/C17H13F3N4O2/c1-8-5-12(26-2)22-16(20)14(8)23-17(25)11(18)6-9-3-4-10-7-21-24-15(10)13(9)19/h3-7H,1-2H3,(H,21,24)(H,23,25)/b11-6-. The lowest BCUT2D eigenvalue weighted by atomic mass is 10.1. The lowest BCUT2D eigenvalue weighted by Crippen LogP contribution is -2.15. The van der Waals surface area contributed by atoms with Crippen molar-refractivity contribution in [1.29, 1.82) is 0 Å². The van der Waals surface area contributed by atoms with E-state index < -0.39 is 23.5 Å². The number of nitrogens with one attached hydrogen (secondary N) is 2. The van der Waals surface area contributed by atoms with Crippen LogP contribution in [0, 0.1) is 18.7 Å². The molecule has 3 aromatic rings. The highest BCUT2D eigenvalue weighted by molar-refractivity contribution is 6.05. The van der Waals surface area contributed by atoms with Gasteiger partial charge in [-0.25, -0.2) is 8.78 Å². The van der Waals surface area contributed by atoms with Gasteiger partial charge < -0.3 is 10.1 Å². The molecule has 0 aliphatic rings. The topological polar surface area (TPSA) is 79.9 Å². The fraction of sp³-hybridized carbons (Fsp3) is 0.118. The molecule has 1 amide bonds. The maximum Gasteiger partial charge on any atom is 0.284 e. The van der Waals surface area contributed by atoms with E-state index in [1.54, 1.807) is 0 Å². The summed E-state index contributed by atoms with van der Waals surface area (Å²) in [4.78, 5) is 15.5. The zero-order valence-corrected chi connectivity index (χ0v) is 13.7. The van der Waals surface area contributed by atoms with E-state index in [-0.39, 0.29) is 22.6 Å². The summed E-state index contributed by atoms with van der Waals surface area (Å²) in [5.74, 6) is -4.28. The van der Waals surface area contributed by atoms with Gasteiger partial charge in [-0.3, -0.25) is 9.89 Å². The Hall–Kier alpha value is -3.36. The van der Waals surface area contributed by atoms with Crippen LogP contribution in [0.15, 0.2) is 30.2 Å². The lowest BCUT2D eigenvalue weighted by molar-refractivity contribution is -0.114. The van der Waals surface area contributed by atoms with Gasteiger partial charge in [-0.05, 0) is 18.6 Å². The normalized spacial score (nSPS) is 11.7. The number of fused-ring (bicyclic) bond motifs is 1. The number of pyridine rings is 1. The molecule has 2 N–H and O–H groups in total. The second kappa shape index (κ2) is 6.87. The van der Waals surface area contributed by atoms with Crippen LogP contribution < -0.4 is 10.1 Å². The average molecular weight is 362 g/mol. The molecule has 0 aliphatic carbocycles. The van der Waals surface area contributed by atoms with Gasteiger partial charge in [0.1, 0.15) is 11.2 Å². The quantitative estimate of drug-likeness (QED) is 0.550. The summed E-state index contributed by atoms with van der Waals surface area (Å²) in [5.41, 5.74) is -0.0583. The van der Waals surface area contributed by atoms with Crippen LogP contribution in [0.3, 0.4) is 0 Å². The first-order valence-electron chi connectivity index (χ1n) is 7.42. The van der Waals surface area contributed by atoms with Crippen molar-refractivity contribution in [2.75, 3.05) is 12.4 Å². The number of aryl methyl sites for hydroxylation is 1. The van der Waals surface area contributed by atoms with Gasteiger partial charge in [-0.2, -0.15) is 14.5 Å². The Bertz CT molecular complexity index is 1010. The van der Waals surface area contributed by atoms with E-state index in [0.717, 1.165) is 6.08 Å². The van der Waals surface area contributed by atoms with E-state index >= 15 is 0 Å². The molecule has 2 aromatic heterocycles. The van der Waals surface area contributed by atoms with Crippen molar-refractivity contribution in [2.24, 2.45) is 0 Å². The summed E-state index contributed by atoms with van der Waals surface area (Å²) in [5, 5.41) is 8.73. The third kappa shape index (κ3) is 3.23. The summed E-state index contributed by atoms with van der Waals surface area (Å²) in [6, 6.07) is 4.21. The monoisotopic (exact) mass is 362 g/mol. The number of H-pyrrole nitrogens is 1. The predicted molar refractivity (Wildman–Crippen MR) is 89.3 cm³/mol. The Balaban J connectivity index is 1.87. The Morgan fingerprint density at radius 2 is 2.12 bits per heavy atom. The first kappa shape index (κ1) is 17.5. The third-order valence-electron chi connectivity index (χ3n) is 3.68. The number of ether oxygens (including phenoxy) is 1. The number of amides is 1. The van der Waals surface area contributed by atoms with E-state index in [1.807, 2.05) is 0 Å². The maximum atomic E-state index is 14.3. The van der Waals surface area contributed by atoms with Gasteiger partial charge in [-0.15, -0.1) is 0 Å². The zero-order valence-electron chi connectivity index (χ0n) is 13.7. The van der Waals surface area contributed by atoms with Crippen molar-refractivity contribution < 1.29 is 22.7 Å². The molecule has 1 aromatic carbocycles. The largest absolute Gasteiger partial charge is 0.481 e. The number of carbonyl (C=O) groups is 1. The minimum atomic E-state index is -1.29. The number of hydrogen-bond donors (Lipinski definition) is 2. The highest BCUT2D eigenvalue weighted by atomic mass is 19.1. The van der Waals surface area contributed by atoms with Crippen molar-refractivity contribution >= 4 is 28.6 Å². The van der Waals surface area contributed by atoms with Gasteiger partial charge >= 0.3 is 0 Å². The van der Waals surface area contributed by atoms with Gasteiger partial charge in [0.05, 0.1) is 13.3 Å². The van der Waals surface area contributed by atoms with Crippen LogP contribution in [0.25, 0.3) is 17.0 Å². The predicted octanol–water partition coefficient (Wildman–Crippen LogP) is 3.50. The average Bonchev–Trinajstić information content (AvgIpc) is 3.09. The first-order valence-corrected chi connectivity index (χ1v) is 7.42. The van der Waals surface area contributed by atoms with Crippen LogP contribution in [-0.2, 0) is 4.79 Å². The summed E-state index contributed by atoms with van der Waals surface area (Å²) in [6.07, 6.45) is 2.13. The molecular weight excluding hydrogens is 349 g/mol. The highest BCUT2D eigenvalue weighted by Gasteiger charge is 2.17. The number of nitrogens with zero attached hydrogens (tertiary/aromatic N) is 2. The number of methoxy groups -OCH3 is 1. The maximum absolute atomic E-state index is 14.3. The van der Waals surface area contributed by atoms with Gasteiger partial charge in [0, 0.05) is 17.0 Å². The number of carbonyl (C=O) groups excluding carboxylic acids is 1. The second-order valence-corrected chi connectivity index (χ2v) is 5.40. The number of aromatic amines is 1. The minimum Gasteiger partial charge on any atom is -0.481 e. The number of benzene rings is 1.